The zero-order valence-electron chi connectivity index (χ0n) is 21.2. The number of amidine groups is 1. The number of hydrogen-bond donors (Lipinski definition) is 1. The molecule has 0 amide bonds. The molecule has 0 radical (unpaired) electrons. The van der Waals surface area contributed by atoms with Gasteiger partial charge in [0.05, 0.1) is 15.7 Å². The second-order valence-corrected chi connectivity index (χ2v) is 12.4. The quantitative estimate of drug-likeness (QED) is 0.114. The van der Waals surface area contributed by atoms with Gasteiger partial charge in [-0.15, -0.1) is 0 Å². The molecule has 1 heterocycles. The van der Waals surface area contributed by atoms with Crippen LogP contribution < -0.4 is 14.8 Å². The van der Waals surface area contributed by atoms with E-state index in [0.717, 1.165) is 22.8 Å². The van der Waals surface area contributed by atoms with Crippen LogP contribution in [0.4, 0.5) is 11.4 Å². The number of hydrogen-bond acceptors (Lipinski definition) is 3. The lowest BCUT2D eigenvalue weighted by atomic mass is 9.85. The van der Waals surface area contributed by atoms with Gasteiger partial charge in [0.1, 0.15) is 15.9 Å². The number of benzene rings is 3. The van der Waals surface area contributed by atoms with Gasteiger partial charge in [-0.25, -0.2) is 4.99 Å². The van der Waals surface area contributed by atoms with Crippen LogP contribution in [-0.2, 0) is 10.8 Å². The van der Waals surface area contributed by atoms with Crippen molar-refractivity contribution in [2.45, 2.75) is 59.3 Å². The van der Waals surface area contributed by atoms with Crippen LogP contribution in [0.2, 0.25) is 20.1 Å². The smallest absolute Gasteiger partial charge is 0.191 e. The second kappa shape index (κ2) is 9.64. The maximum Gasteiger partial charge on any atom is 0.191 e. The van der Waals surface area contributed by atoms with Gasteiger partial charge < -0.3 is 14.8 Å². The predicted molar refractivity (Wildman–Crippen MR) is 153 cm³/mol. The van der Waals surface area contributed by atoms with E-state index in [4.69, 9.17) is 60.9 Å². The van der Waals surface area contributed by atoms with E-state index in [-0.39, 0.29) is 42.4 Å². The van der Waals surface area contributed by atoms with Gasteiger partial charge in [0, 0.05) is 17.3 Å². The highest BCUT2D eigenvalue weighted by molar-refractivity contribution is 6.53. The fourth-order valence-corrected chi connectivity index (χ4v) is 4.76. The summed E-state index contributed by atoms with van der Waals surface area (Å²) in [7, 11) is 0. The summed E-state index contributed by atoms with van der Waals surface area (Å²) in [5.41, 5.74) is 3.64. The maximum atomic E-state index is 6.43. The fourth-order valence-electron chi connectivity index (χ4n) is 3.86. The van der Waals surface area contributed by atoms with Crippen molar-refractivity contribution in [2.75, 3.05) is 5.32 Å². The molecule has 0 aromatic heterocycles. The van der Waals surface area contributed by atoms with E-state index >= 15 is 0 Å². The molecule has 1 aliphatic rings. The molecule has 0 atom stereocenters. The van der Waals surface area contributed by atoms with Crippen molar-refractivity contribution in [2.24, 2.45) is 4.99 Å². The van der Waals surface area contributed by atoms with E-state index in [2.05, 4.69) is 59.0 Å². The highest BCUT2D eigenvalue weighted by Gasteiger charge is 2.33. The molecule has 3 aromatic rings. The SMILES string of the molecule is CC(=Nc1ccc(C(C)(C)C)cc1)Nc1cc2c(c(C(C)(C)C)c1)Oc1c(Cl)c(Cl)c(Cl)c(Cl)c1O2. The summed E-state index contributed by atoms with van der Waals surface area (Å²) in [4.78, 5) is 4.73. The van der Waals surface area contributed by atoms with Crippen LogP contribution >= 0.6 is 46.4 Å². The zero-order chi connectivity index (χ0) is 26.6. The van der Waals surface area contributed by atoms with Gasteiger partial charge in [-0.3, -0.25) is 0 Å². The Bertz CT molecular complexity index is 1370. The minimum atomic E-state index is -0.275. The Morgan fingerprint density at radius 1 is 0.722 bits per heavy atom. The van der Waals surface area contributed by atoms with Crippen molar-refractivity contribution in [1.29, 1.82) is 0 Å². The van der Waals surface area contributed by atoms with E-state index in [0.29, 0.717) is 11.5 Å². The molecule has 8 heteroatoms. The van der Waals surface area contributed by atoms with E-state index < -0.39 is 0 Å². The van der Waals surface area contributed by atoms with E-state index in [1.165, 1.54) is 5.56 Å². The van der Waals surface area contributed by atoms with Gasteiger partial charge in [-0.1, -0.05) is 100 Å². The minimum absolute atomic E-state index is 0.0887. The van der Waals surface area contributed by atoms with Gasteiger partial charge in [0.15, 0.2) is 23.0 Å². The average Bonchev–Trinajstić information content (AvgIpc) is 2.79. The standard InChI is InChI=1S/C28H28Cl4N2O2/c1-14(33-16-10-8-15(9-11-16)27(2,3)4)34-17-12-18(28(5,6)7)24-19(13-17)35-25-22(31)20(29)21(30)23(32)26(25)36-24/h8-13H,1-7H3,(H,33,34). The van der Waals surface area contributed by atoms with Gasteiger partial charge in [0.2, 0.25) is 0 Å². The lowest BCUT2D eigenvalue weighted by Gasteiger charge is -2.30. The molecule has 0 bridgehead atoms. The Kier molecular flexibility index (Phi) is 7.22. The minimum Gasteiger partial charge on any atom is -0.448 e. The Morgan fingerprint density at radius 2 is 1.28 bits per heavy atom. The lowest BCUT2D eigenvalue weighted by molar-refractivity contribution is 0.350. The number of fused-ring (bicyclic) bond motifs is 2. The normalized spacial score (nSPS) is 13.5. The summed E-state index contributed by atoms with van der Waals surface area (Å²) in [6.45, 7) is 14.8. The molecule has 190 valence electrons. The van der Waals surface area contributed by atoms with Crippen LogP contribution in [-0.4, -0.2) is 5.84 Å². The van der Waals surface area contributed by atoms with Crippen LogP contribution in [0.3, 0.4) is 0 Å². The number of nitrogens with one attached hydrogen (secondary N) is 1. The molecule has 0 unspecified atom stereocenters. The number of aliphatic imine (C=N–C) groups is 1. The Balaban J connectivity index is 1.71. The molecule has 0 aliphatic carbocycles. The first-order valence-electron chi connectivity index (χ1n) is 11.5. The number of ether oxygens (including phenoxy) is 2. The molecule has 0 spiro atoms. The topological polar surface area (TPSA) is 42.9 Å². The monoisotopic (exact) mass is 564 g/mol. The number of nitrogens with zero attached hydrogens (tertiary/aromatic N) is 1. The van der Waals surface area contributed by atoms with Crippen molar-refractivity contribution >= 4 is 63.6 Å². The third kappa shape index (κ3) is 5.28. The Hall–Kier alpha value is -2.11. The summed E-state index contributed by atoms with van der Waals surface area (Å²) >= 11 is 25.3. The second-order valence-electron chi connectivity index (χ2n) is 10.8. The van der Waals surface area contributed by atoms with E-state index in [1.807, 2.05) is 31.2 Å². The number of rotatable bonds is 2. The molecular formula is C28H28Cl4N2O2. The van der Waals surface area contributed by atoms with Crippen molar-refractivity contribution in [3.8, 4) is 23.0 Å². The maximum absolute atomic E-state index is 6.43. The molecule has 36 heavy (non-hydrogen) atoms. The molecule has 4 nitrogen and oxygen atoms in total. The van der Waals surface area contributed by atoms with E-state index in [1.54, 1.807) is 0 Å². The zero-order valence-corrected chi connectivity index (χ0v) is 24.3. The van der Waals surface area contributed by atoms with Crippen LogP contribution in [0.5, 0.6) is 23.0 Å². The summed E-state index contributed by atoms with van der Waals surface area (Å²) in [6, 6.07) is 12.1. The highest BCUT2D eigenvalue weighted by Crippen LogP contribution is 2.58. The van der Waals surface area contributed by atoms with Crippen LogP contribution in [0.1, 0.15) is 59.6 Å². The molecule has 0 saturated carbocycles. The van der Waals surface area contributed by atoms with Crippen LogP contribution in [0.15, 0.2) is 41.4 Å². The predicted octanol–water partition coefficient (Wildman–Crippen LogP) is 11.0. The van der Waals surface area contributed by atoms with Crippen LogP contribution in [0, 0.1) is 0 Å². The van der Waals surface area contributed by atoms with Crippen molar-refractivity contribution < 1.29 is 9.47 Å². The Morgan fingerprint density at radius 3 is 1.81 bits per heavy atom. The number of anilines is 1. The van der Waals surface area contributed by atoms with Gasteiger partial charge in [-0.05, 0) is 41.5 Å². The fraction of sp³-hybridized carbons (Fsp3) is 0.321. The molecule has 1 aliphatic heterocycles. The highest BCUT2D eigenvalue weighted by atomic mass is 35.5. The van der Waals surface area contributed by atoms with E-state index in [9.17, 15) is 0 Å². The molecular weight excluding hydrogens is 538 g/mol. The largest absolute Gasteiger partial charge is 0.448 e. The Labute approximate surface area is 232 Å². The molecule has 0 saturated heterocycles. The van der Waals surface area contributed by atoms with Crippen LogP contribution in [0.25, 0.3) is 0 Å². The van der Waals surface area contributed by atoms with Gasteiger partial charge in [-0.2, -0.15) is 0 Å². The van der Waals surface area contributed by atoms with Crippen molar-refractivity contribution in [3.05, 3.63) is 67.6 Å². The summed E-state index contributed by atoms with van der Waals surface area (Å²) in [5.74, 6) is 2.22. The lowest BCUT2D eigenvalue weighted by Crippen LogP contribution is -2.16. The van der Waals surface area contributed by atoms with Gasteiger partial charge >= 0.3 is 0 Å². The van der Waals surface area contributed by atoms with Crippen molar-refractivity contribution in [3.63, 3.8) is 0 Å². The summed E-state index contributed by atoms with van der Waals surface area (Å²) < 4.78 is 12.4. The molecule has 3 aromatic carbocycles. The summed E-state index contributed by atoms with van der Waals surface area (Å²) in [6.07, 6.45) is 0. The summed E-state index contributed by atoms with van der Waals surface area (Å²) in [5, 5.41) is 3.89. The third-order valence-electron chi connectivity index (χ3n) is 5.82. The first kappa shape index (κ1) is 26.9. The molecule has 0 fully saturated rings. The third-order valence-corrected chi connectivity index (χ3v) is 7.58. The first-order chi connectivity index (χ1) is 16.7. The molecule has 4 rings (SSSR count). The molecule has 1 N–H and O–H groups in total. The first-order valence-corrected chi connectivity index (χ1v) is 13.0. The van der Waals surface area contributed by atoms with Crippen molar-refractivity contribution in [1.82, 2.24) is 0 Å². The van der Waals surface area contributed by atoms with Gasteiger partial charge in [0.25, 0.3) is 0 Å². The average molecular weight is 566 g/mol. The number of halogens is 4.